The number of para-hydroxylation sites is 1. The van der Waals surface area contributed by atoms with Gasteiger partial charge in [0.25, 0.3) is 5.91 Å². The van der Waals surface area contributed by atoms with Crippen molar-refractivity contribution in [3.63, 3.8) is 0 Å². The lowest BCUT2D eigenvalue weighted by Crippen LogP contribution is -2.64. The largest absolute Gasteiger partial charge is 0.495 e. The molecule has 0 aliphatic carbocycles. The van der Waals surface area contributed by atoms with Gasteiger partial charge < -0.3 is 25.3 Å². The van der Waals surface area contributed by atoms with E-state index < -0.39 is 13.0 Å². The lowest BCUT2D eigenvalue weighted by Gasteiger charge is -2.37. The maximum Gasteiger partial charge on any atom is 0.266 e. The number of hydrogen-bond donors (Lipinski definition) is 5. The molecule has 1 amide bonds. The second kappa shape index (κ2) is 10.8. The maximum atomic E-state index is 12.7. The number of hydrogen-bond acceptors (Lipinski definition) is 7. The molecular formula is C22H28Cl2N5O3P. The van der Waals surface area contributed by atoms with Crippen LogP contribution in [-0.2, 0) is 9.36 Å². The van der Waals surface area contributed by atoms with Crippen molar-refractivity contribution in [1.82, 2.24) is 10.6 Å². The summed E-state index contributed by atoms with van der Waals surface area (Å²) < 4.78 is 18.2. The standard InChI is InChI=1S/C22H28Cl2N5O3P/c1-13(23)21(30)26-14-9-10-18(32-2)17(11-14)28-22-25-12-15(24)20(29-22)27-16-7-5-6-8-19(16)33(3,4)31/h5-11,15,20,22,25,27-29H,1,12H2,2-4H3,(H,26,30). The lowest BCUT2D eigenvalue weighted by molar-refractivity contribution is -0.112. The van der Waals surface area contributed by atoms with Crippen LogP contribution in [-0.4, -0.2) is 50.7 Å². The van der Waals surface area contributed by atoms with Crippen LogP contribution in [0.5, 0.6) is 5.75 Å². The molecule has 0 saturated carbocycles. The highest BCUT2D eigenvalue weighted by atomic mass is 35.5. The Hall–Kier alpha value is -2.22. The van der Waals surface area contributed by atoms with E-state index in [0.29, 0.717) is 23.7 Å². The van der Waals surface area contributed by atoms with E-state index in [4.69, 9.17) is 27.9 Å². The second-order valence-electron chi connectivity index (χ2n) is 7.93. The molecular weight excluding hydrogens is 484 g/mol. The molecule has 0 aromatic heterocycles. The zero-order chi connectivity index (χ0) is 24.2. The van der Waals surface area contributed by atoms with Gasteiger partial charge in [0.05, 0.1) is 29.4 Å². The molecule has 0 radical (unpaired) electrons. The van der Waals surface area contributed by atoms with E-state index in [-0.39, 0.29) is 22.9 Å². The van der Waals surface area contributed by atoms with Crippen molar-refractivity contribution < 1.29 is 14.1 Å². The Morgan fingerprint density at radius 2 is 1.91 bits per heavy atom. The summed E-state index contributed by atoms with van der Waals surface area (Å²) in [7, 11) is -0.919. The van der Waals surface area contributed by atoms with Crippen molar-refractivity contribution in [1.29, 1.82) is 0 Å². The first kappa shape index (κ1) is 25.4. The third-order valence-corrected chi connectivity index (χ3v) is 7.15. The summed E-state index contributed by atoms with van der Waals surface area (Å²) in [5, 5.41) is 16.4. The smallest absolute Gasteiger partial charge is 0.266 e. The molecule has 5 N–H and O–H groups in total. The van der Waals surface area contributed by atoms with Gasteiger partial charge in [-0.1, -0.05) is 30.3 Å². The summed E-state index contributed by atoms with van der Waals surface area (Å²) in [5.74, 6) is 0.0980. The van der Waals surface area contributed by atoms with Crippen LogP contribution in [0.1, 0.15) is 0 Å². The van der Waals surface area contributed by atoms with Gasteiger partial charge in [-0.2, -0.15) is 0 Å². The average Bonchev–Trinajstić information content (AvgIpc) is 2.76. The number of rotatable bonds is 8. The minimum atomic E-state index is -2.48. The highest BCUT2D eigenvalue weighted by Gasteiger charge is 2.30. The van der Waals surface area contributed by atoms with Gasteiger partial charge >= 0.3 is 0 Å². The van der Waals surface area contributed by atoms with Crippen LogP contribution in [0.2, 0.25) is 0 Å². The van der Waals surface area contributed by atoms with E-state index >= 15 is 0 Å². The molecule has 0 spiro atoms. The Kier molecular flexibility index (Phi) is 8.32. The van der Waals surface area contributed by atoms with Gasteiger partial charge in [-0.15, -0.1) is 11.6 Å². The summed E-state index contributed by atoms with van der Waals surface area (Å²) in [4.78, 5) is 11.9. The number of amides is 1. The van der Waals surface area contributed by atoms with Crippen LogP contribution in [0.15, 0.2) is 54.1 Å². The molecule has 2 aromatic rings. The van der Waals surface area contributed by atoms with Crippen molar-refractivity contribution in [2.24, 2.45) is 0 Å². The monoisotopic (exact) mass is 511 g/mol. The molecule has 178 valence electrons. The lowest BCUT2D eigenvalue weighted by atomic mass is 10.2. The normalized spacial score (nSPS) is 20.6. The molecule has 3 atom stereocenters. The predicted octanol–water partition coefficient (Wildman–Crippen LogP) is 3.57. The Bertz CT molecular complexity index is 1080. The van der Waals surface area contributed by atoms with Crippen LogP contribution in [0, 0.1) is 0 Å². The number of nitrogens with one attached hydrogen (secondary N) is 5. The SMILES string of the molecule is C=C(Cl)C(=O)Nc1ccc(OC)c(NC2NCC(Cl)C(Nc3ccccc3P(C)(C)=O)N2)c1. The highest BCUT2D eigenvalue weighted by molar-refractivity contribution is 7.70. The molecule has 3 unspecified atom stereocenters. The second-order valence-corrected chi connectivity index (χ2v) is 12.1. The highest BCUT2D eigenvalue weighted by Crippen LogP contribution is 2.38. The summed E-state index contributed by atoms with van der Waals surface area (Å²) in [6.07, 6.45) is -0.686. The number of benzene rings is 2. The number of alkyl halides is 1. The summed E-state index contributed by atoms with van der Waals surface area (Å²) in [6, 6.07) is 12.7. The molecule has 1 aliphatic rings. The van der Waals surface area contributed by atoms with Crippen molar-refractivity contribution in [2.45, 2.75) is 17.8 Å². The summed E-state index contributed by atoms with van der Waals surface area (Å²) in [6.45, 7) is 7.41. The fourth-order valence-corrected chi connectivity index (χ4v) is 4.84. The number of carbonyl (C=O) groups is 1. The minimum Gasteiger partial charge on any atom is -0.495 e. The van der Waals surface area contributed by atoms with E-state index in [1.54, 1.807) is 38.6 Å². The Balaban J connectivity index is 1.76. The molecule has 0 bridgehead atoms. The first-order valence-electron chi connectivity index (χ1n) is 10.2. The number of ether oxygens (including phenoxy) is 1. The van der Waals surface area contributed by atoms with Crippen molar-refractivity contribution in [3.05, 3.63) is 54.1 Å². The third-order valence-electron chi connectivity index (χ3n) is 5.02. The first-order valence-corrected chi connectivity index (χ1v) is 13.6. The van der Waals surface area contributed by atoms with Crippen LogP contribution in [0.3, 0.4) is 0 Å². The van der Waals surface area contributed by atoms with E-state index in [2.05, 4.69) is 33.2 Å². The van der Waals surface area contributed by atoms with Gasteiger partial charge in [-0.3, -0.25) is 15.4 Å². The fourth-order valence-electron chi connectivity index (χ4n) is 3.40. The fraction of sp³-hybridized carbons (Fsp3) is 0.318. The van der Waals surface area contributed by atoms with E-state index in [0.717, 1.165) is 11.0 Å². The van der Waals surface area contributed by atoms with Gasteiger partial charge in [0.2, 0.25) is 0 Å². The molecule has 1 heterocycles. The first-order chi connectivity index (χ1) is 15.6. The van der Waals surface area contributed by atoms with Crippen molar-refractivity contribution >= 4 is 58.6 Å². The molecule has 11 heteroatoms. The van der Waals surface area contributed by atoms with E-state index in [1.165, 1.54) is 0 Å². The minimum absolute atomic E-state index is 0.109. The van der Waals surface area contributed by atoms with Gasteiger partial charge in [0.15, 0.2) is 0 Å². The molecule has 1 aliphatic heterocycles. The molecule has 3 rings (SSSR count). The zero-order valence-electron chi connectivity index (χ0n) is 18.6. The van der Waals surface area contributed by atoms with Gasteiger partial charge in [0.1, 0.15) is 19.2 Å². The Morgan fingerprint density at radius 1 is 1.18 bits per heavy atom. The molecule has 1 fully saturated rings. The van der Waals surface area contributed by atoms with Crippen LogP contribution in [0.25, 0.3) is 0 Å². The maximum absolute atomic E-state index is 12.7. The van der Waals surface area contributed by atoms with E-state index in [9.17, 15) is 9.36 Å². The number of methoxy groups -OCH3 is 1. The Labute approximate surface area is 203 Å². The van der Waals surface area contributed by atoms with Crippen molar-refractivity contribution in [3.8, 4) is 5.75 Å². The van der Waals surface area contributed by atoms with Gasteiger partial charge in [0, 0.05) is 23.2 Å². The molecule has 33 heavy (non-hydrogen) atoms. The topological polar surface area (TPSA) is 104 Å². The summed E-state index contributed by atoms with van der Waals surface area (Å²) >= 11 is 12.2. The summed E-state index contributed by atoms with van der Waals surface area (Å²) in [5.41, 5.74) is 1.94. The Morgan fingerprint density at radius 3 is 2.58 bits per heavy atom. The molecule has 1 saturated heterocycles. The van der Waals surface area contributed by atoms with Crippen LogP contribution in [0.4, 0.5) is 17.1 Å². The third kappa shape index (κ3) is 6.65. The molecule has 8 nitrogen and oxygen atoms in total. The number of halogens is 2. The van der Waals surface area contributed by atoms with E-state index in [1.807, 2.05) is 24.3 Å². The van der Waals surface area contributed by atoms with Crippen LogP contribution >= 0.6 is 30.3 Å². The van der Waals surface area contributed by atoms with Gasteiger partial charge in [-0.25, -0.2) is 0 Å². The zero-order valence-corrected chi connectivity index (χ0v) is 21.0. The number of anilines is 3. The van der Waals surface area contributed by atoms with Crippen LogP contribution < -0.4 is 36.6 Å². The molecule has 2 aromatic carbocycles. The van der Waals surface area contributed by atoms with Gasteiger partial charge in [-0.05, 0) is 43.7 Å². The number of carbonyl (C=O) groups excluding carboxylic acids is 1. The van der Waals surface area contributed by atoms with Crippen molar-refractivity contribution in [2.75, 3.05) is 42.9 Å². The quantitative estimate of drug-likeness (QED) is 0.209. The average molecular weight is 512 g/mol. The predicted molar refractivity (Wildman–Crippen MR) is 138 cm³/mol.